The van der Waals surface area contributed by atoms with Gasteiger partial charge >= 0.3 is 6.18 Å². The van der Waals surface area contributed by atoms with Crippen molar-refractivity contribution in [3.05, 3.63) is 0 Å². The molecule has 6 heteroatoms. The minimum Gasteiger partial charge on any atom is -0.396 e. The summed E-state index contributed by atoms with van der Waals surface area (Å²) < 4.78 is 33.5. The Bertz CT molecular complexity index is 582. The van der Waals surface area contributed by atoms with Gasteiger partial charge in [0.05, 0.1) is 0 Å². The Morgan fingerprint density at radius 3 is 0.788 bits per heavy atom. The van der Waals surface area contributed by atoms with Crippen molar-refractivity contribution in [1.82, 2.24) is 0 Å². The SMILES string of the molecule is CC(C)C.CC(C)C(F)(F)F.CC(C)CCC(C)C.CC(C)CCC(C)CO.CC(C)CCCC(C)C.CC(C)CCCC(C)CCl.CC(C)CO. The van der Waals surface area contributed by atoms with Crippen molar-refractivity contribution in [1.29, 1.82) is 0 Å². The quantitative estimate of drug-likeness (QED) is 0.144. The molecule has 0 saturated carbocycles. The van der Waals surface area contributed by atoms with E-state index in [1.54, 1.807) is 0 Å². The van der Waals surface area contributed by atoms with Crippen LogP contribution in [0.3, 0.4) is 0 Å². The highest BCUT2D eigenvalue weighted by Gasteiger charge is 2.31. The lowest BCUT2D eigenvalue weighted by Crippen LogP contribution is -2.15. The largest absolute Gasteiger partial charge is 0.396 e. The first-order valence-electron chi connectivity index (χ1n) is 21.4. The van der Waals surface area contributed by atoms with Crippen molar-refractivity contribution in [3.8, 4) is 0 Å². The number of hydrogen-bond acceptors (Lipinski definition) is 2. The van der Waals surface area contributed by atoms with Gasteiger partial charge < -0.3 is 10.2 Å². The van der Waals surface area contributed by atoms with Crippen LogP contribution >= 0.6 is 11.6 Å². The Hall–Kier alpha value is -0.0000000000000000208. The number of halogens is 4. The first kappa shape index (κ1) is 66.8. The molecule has 0 aromatic rings. The average molecular weight is 780 g/mol. The number of rotatable bonds is 17. The van der Waals surface area contributed by atoms with Gasteiger partial charge in [0, 0.05) is 25.0 Å². The van der Waals surface area contributed by atoms with E-state index in [9.17, 15) is 13.2 Å². The maximum Gasteiger partial charge on any atom is 0.391 e. The first-order valence-corrected chi connectivity index (χ1v) is 21.9. The van der Waals surface area contributed by atoms with E-state index in [-0.39, 0.29) is 0 Å². The number of alkyl halides is 4. The van der Waals surface area contributed by atoms with Crippen LogP contribution in [0.15, 0.2) is 0 Å². The van der Waals surface area contributed by atoms with Crippen LogP contribution in [0.25, 0.3) is 0 Å². The van der Waals surface area contributed by atoms with Crippen molar-refractivity contribution in [2.75, 3.05) is 19.1 Å². The number of aliphatic hydroxyl groups excluding tert-OH is 2. The van der Waals surface area contributed by atoms with Gasteiger partial charge in [-0.15, -0.1) is 11.6 Å². The highest BCUT2D eigenvalue weighted by molar-refractivity contribution is 6.18. The van der Waals surface area contributed by atoms with Gasteiger partial charge in [-0.2, -0.15) is 13.2 Å². The van der Waals surface area contributed by atoms with E-state index in [2.05, 4.69) is 118 Å². The van der Waals surface area contributed by atoms with Crippen molar-refractivity contribution in [2.24, 2.45) is 65.1 Å². The third-order valence-electron chi connectivity index (χ3n) is 7.19. The molecule has 0 rings (SSSR count). The molecule has 0 aliphatic heterocycles. The molecule has 0 amide bonds. The van der Waals surface area contributed by atoms with Gasteiger partial charge in [-0.25, -0.2) is 0 Å². The molecule has 2 nitrogen and oxygen atoms in total. The summed E-state index contributed by atoms with van der Waals surface area (Å²) in [7, 11) is 0. The topological polar surface area (TPSA) is 40.5 Å². The zero-order chi connectivity index (χ0) is 43.0. The molecule has 0 aliphatic rings. The molecule has 0 saturated heterocycles. The molecule has 0 aromatic carbocycles. The van der Waals surface area contributed by atoms with E-state index in [0.29, 0.717) is 31.0 Å². The van der Waals surface area contributed by atoms with Crippen LogP contribution in [0.5, 0.6) is 0 Å². The van der Waals surface area contributed by atoms with Crippen molar-refractivity contribution in [3.63, 3.8) is 0 Å². The molecular weight excluding hydrogens is 677 g/mol. The third-order valence-corrected chi connectivity index (χ3v) is 7.72. The molecule has 2 N–H and O–H groups in total. The average Bonchev–Trinajstić information content (AvgIpc) is 2.99. The number of aliphatic hydroxyl groups is 2. The van der Waals surface area contributed by atoms with E-state index in [4.69, 9.17) is 21.8 Å². The normalized spacial score (nSPS) is 12.2. The predicted octanol–water partition coefficient (Wildman–Crippen LogP) is 16.8. The maximum absolute atomic E-state index is 11.2. The van der Waals surface area contributed by atoms with E-state index < -0.39 is 12.1 Å². The third kappa shape index (κ3) is 104. The Morgan fingerprint density at radius 1 is 0.385 bits per heavy atom. The molecule has 2 atom stereocenters. The maximum atomic E-state index is 11.2. The fourth-order valence-electron chi connectivity index (χ4n) is 3.26. The van der Waals surface area contributed by atoms with Gasteiger partial charge in [0.15, 0.2) is 0 Å². The van der Waals surface area contributed by atoms with Gasteiger partial charge in [-0.3, -0.25) is 0 Å². The molecule has 0 aromatic heterocycles. The molecule has 326 valence electrons. The smallest absolute Gasteiger partial charge is 0.391 e. The second-order valence-electron chi connectivity index (χ2n) is 18.9. The summed E-state index contributed by atoms with van der Waals surface area (Å²) in [5.74, 6) is 7.28. The lowest BCUT2D eigenvalue weighted by molar-refractivity contribution is -0.164. The fraction of sp³-hybridized carbons (Fsp3) is 1.00. The second kappa shape index (κ2) is 47.2. The molecule has 0 fully saturated rings. The van der Waals surface area contributed by atoms with Gasteiger partial charge in [-0.1, -0.05) is 197 Å². The van der Waals surface area contributed by atoms with Crippen molar-refractivity contribution in [2.45, 2.75) is 216 Å². The van der Waals surface area contributed by atoms with E-state index in [0.717, 1.165) is 67.6 Å². The Balaban J connectivity index is -0.0000000924. The summed E-state index contributed by atoms with van der Waals surface area (Å²) >= 11 is 5.67. The monoisotopic (exact) mass is 779 g/mol. The van der Waals surface area contributed by atoms with Crippen molar-refractivity contribution < 1.29 is 23.4 Å². The zero-order valence-electron chi connectivity index (χ0n) is 39.4. The summed E-state index contributed by atoms with van der Waals surface area (Å²) in [6.45, 7) is 44.9. The minimum absolute atomic E-state index is 0.306. The molecule has 0 bridgehead atoms. The van der Waals surface area contributed by atoms with E-state index in [1.807, 2.05) is 13.8 Å². The Labute approximate surface area is 334 Å². The predicted molar refractivity (Wildman–Crippen MR) is 235 cm³/mol. The van der Waals surface area contributed by atoms with Crippen LogP contribution in [0.2, 0.25) is 0 Å². The highest BCUT2D eigenvalue weighted by atomic mass is 35.5. The molecule has 0 spiro atoms. The molecule has 52 heavy (non-hydrogen) atoms. The van der Waals surface area contributed by atoms with Crippen LogP contribution in [0.1, 0.15) is 210 Å². The summed E-state index contributed by atoms with van der Waals surface area (Å²) in [5, 5.41) is 16.8. The Kier molecular flexibility index (Phi) is 60.6. The number of hydrogen-bond donors (Lipinski definition) is 2. The standard InChI is InChI=1S/C9H19Cl.C9H20.C8H18O.C8H18.C4H7F3.C4H10O.C4H10/c1-8(2)5-4-6-9(3)7-10;1-8(2)6-5-7-9(3)4;1-7(2)4-5-8(3)6-9;1-7(2)5-6-8(3)4;1-3(2)4(5,6)7;1-4(2)3-5;1-4(2)3/h8-9H,4-7H2,1-3H3;8-9H,5-7H2,1-4H3;7-9H,4-6H2,1-3H3;7-8H,5-6H2,1-4H3;3H,1-2H3;4-5H,3H2,1-2H3;4H,1-3H3. The lowest BCUT2D eigenvalue weighted by atomic mass is 10.0. The van der Waals surface area contributed by atoms with Gasteiger partial charge in [0.1, 0.15) is 0 Å². The Morgan fingerprint density at radius 2 is 0.615 bits per heavy atom. The molecule has 0 radical (unpaired) electrons. The summed E-state index contributed by atoms with van der Waals surface area (Å²) in [4.78, 5) is 0. The lowest BCUT2D eigenvalue weighted by Gasteiger charge is -2.08. The summed E-state index contributed by atoms with van der Waals surface area (Å²) in [6.07, 6.45) is 9.37. The minimum atomic E-state index is -4.00. The van der Waals surface area contributed by atoms with Crippen LogP contribution < -0.4 is 0 Å². The molecule has 0 aliphatic carbocycles. The van der Waals surface area contributed by atoms with Gasteiger partial charge in [0.2, 0.25) is 0 Å². The second-order valence-corrected chi connectivity index (χ2v) is 19.2. The van der Waals surface area contributed by atoms with Crippen LogP contribution in [-0.4, -0.2) is 35.5 Å². The van der Waals surface area contributed by atoms with Crippen LogP contribution in [0.4, 0.5) is 13.2 Å². The fourth-order valence-corrected chi connectivity index (χ4v) is 3.42. The van der Waals surface area contributed by atoms with Gasteiger partial charge in [0.25, 0.3) is 0 Å². The first-order chi connectivity index (χ1) is 23.5. The summed E-state index contributed by atoms with van der Waals surface area (Å²) in [5.41, 5.74) is 0. The highest BCUT2D eigenvalue weighted by Crippen LogP contribution is 2.24. The molecule has 2 unspecified atom stereocenters. The van der Waals surface area contributed by atoms with E-state index >= 15 is 0 Å². The van der Waals surface area contributed by atoms with Crippen LogP contribution in [0, 0.1) is 65.1 Å². The zero-order valence-corrected chi connectivity index (χ0v) is 40.2. The van der Waals surface area contributed by atoms with Crippen molar-refractivity contribution >= 4 is 11.6 Å². The van der Waals surface area contributed by atoms with E-state index in [1.165, 1.54) is 57.8 Å². The van der Waals surface area contributed by atoms with Gasteiger partial charge in [-0.05, 0) is 72.0 Å². The molecule has 0 heterocycles. The molecular formula is C46H102ClF3O2. The van der Waals surface area contributed by atoms with Crippen LogP contribution in [-0.2, 0) is 0 Å². The summed E-state index contributed by atoms with van der Waals surface area (Å²) in [6, 6.07) is 0.